The van der Waals surface area contributed by atoms with Gasteiger partial charge in [0.15, 0.2) is 0 Å². The first kappa shape index (κ1) is 13.6. The van der Waals surface area contributed by atoms with E-state index in [2.05, 4.69) is 9.88 Å². The molecule has 1 aliphatic rings. The molecule has 1 unspecified atom stereocenters. The minimum atomic E-state index is -0.0969. The van der Waals surface area contributed by atoms with Gasteiger partial charge in [-0.3, -0.25) is 4.79 Å². The van der Waals surface area contributed by atoms with Crippen LogP contribution in [-0.4, -0.2) is 30.6 Å². The fourth-order valence-corrected chi connectivity index (χ4v) is 2.54. The molecule has 0 aliphatic carbocycles. The number of hydrogen-bond donors (Lipinski definition) is 1. The zero-order chi connectivity index (χ0) is 13.8. The number of aromatic nitrogens is 1. The molecule has 0 saturated carbocycles. The number of carbonyl (C=O) groups excluding carboxylic acids is 1. The zero-order valence-corrected chi connectivity index (χ0v) is 11.6. The molecule has 2 N–H and O–H groups in total. The van der Waals surface area contributed by atoms with E-state index >= 15 is 0 Å². The molecule has 5 heteroatoms. The molecule has 0 radical (unpaired) electrons. The van der Waals surface area contributed by atoms with Gasteiger partial charge in [-0.25, -0.2) is 4.98 Å². The number of nitrogens with zero attached hydrogens (tertiary/aromatic N) is 2. The normalized spacial score (nSPS) is 19.3. The summed E-state index contributed by atoms with van der Waals surface area (Å²) in [6, 6.07) is 1.91. The summed E-state index contributed by atoms with van der Waals surface area (Å²) < 4.78 is 5.11. The van der Waals surface area contributed by atoms with Gasteiger partial charge in [-0.1, -0.05) is 0 Å². The van der Waals surface area contributed by atoms with Gasteiger partial charge in [-0.05, 0) is 38.3 Å². The highest BCUT2D eigenvalue weighted by molar-refractivity contribution is 5.73. The number of nitrogen functional groups attached to an aromatic ring is 1. The van der Waals surface area contributed by atoms with Gasteiger partial charge in [0.1, 0.15) is 5.82 Å². The largest absolute Gasteiger partial charge is 0.466 e. The number of ether oxygens (including phenoxy) is 1. The Morgan fingerprint density at radius 3 is 3.11 bits per heavy atom. The van der Waals surface area contributed by atoms with Gasteiger partial charge in [0.2, 0.25) is 0 Å². The van der Waals surface area contributed by atoms with Crippen molar-refractivity contribution in [1.82, 2.24) is 4.98 Å². The SMILES string of the molecule is CCOC(=O)C1CCCN(c2ncc(N)cc2C)C1. The molecule has 1 aliphatic heterocycles. The third kappa shape index (κ3) is 3.16. The number of piperidine rings is 1. The number of anilines is 2. The van der Waals surface area contributed by atoms with E-state index in [4.69, 9.17) is 10.5 Å². The number of esters is 1. The van der Waals surface area contributed by atoms with E-state index in [1.165, 1.54) is 0 Å². The topological polar surface area (TPSA) is 68.5 Å². The molecule has 0 spiro atoms. The van der Waals surface area contributed by atoms with Crippen LogP contribution >= 0.6 is 0 Å². The van der Waals surface area contributed by atoms with Crippen LogP contribution in [0, 0.1) is 12.8 Å². The predicted octanol–water partition coefficient (Wildman–Crippen LogP) is 1.75. The second-order valence-electron chi connectivity index (χ2n) is 4.95. The molecule has 19 heavy (non-hydrogen) atoms. The van der Waals surface area contributed by atoms with Gasteiger partial charge in [-0.2, -0.15) is 0 Å². The van der Waals surface area contributed by atoms with Gasteiger partial charge in [0, 0.05) is 13.1 Å². The molecule has 1 atom stereocenters. The standard InChI is InChI=1S/C14H21N3O2/c1-3-19-14(18)11-5-4-6-17(9-11)13-10(2)7-12(15)8-16-13/h7-8,11H,3-6,9,15H2,1-2H3. The molecule has 1 fully saturated rings. The molecule has 2 rings (SSSR count). The van der Waals surface area contributed by atoms with Crippen LogP contribution in [0.3, 0.4) is 0 Å². The minimum Gasteiger partial charge on any atom is -0.466 e. The van der Waals surface area contributed by atoms with E-state index in [1.807, 2.05) is 19.9 Å². The van der Waals surface area contributed by atoms with Crippen LogP contribution in [0.25, 0.3) is 0 Å². The van der Waals surface area contributed by atoms with Crippen molar-refractivity contribution in [1.29, 1.82) is 0 Å². The maximum atomic E-state index is 11.8. The van der Waals surface area contributed by atoms with E-state index in [1.54, 1.807) is 6.20 Å². The fraction of sp³-hybridized carbons (Fsp3) is 0.571. The molecule has 5 nitrogen and oxygen atoms in total. The first-order valence-corrected chi connectivity index (χ1v) is 6.75. The Morgan fingerprint density at radius 1 is 1.63 bits per heavy atom. The lowest BCUT2D eigenvalue weighted by molar-refractivity contribution is -0.148. The summed E-state index contributed by atoms with van der Waals surface area (Å²) in [5.41, 5.74) is 7.43. The molecule has 0 bridgehead atoms. The summed E-state index contributed by atoms with van der Waals surface area (Å²) in [4.78, 5) is 18.4. The average molecular weight is 263 g/mol. The second-order valence-corrected chi connectivity index (χ2v) is 4.95. The molecular formula is C14H21N3O2. The molecule has 1 aromatic heterocycles. The third-order valence-electron chi connectivity index (χ3n) is 3.41. The van der Waals surface area contributed by atoms with E-state index in [0.29, 0.717) is 18.8 Å². The molecule has 0 amide bonds. The summed E-state index contributed by atoms with van der Waals surface area (Å²) in [6.45, 7) is 5.87. The minimum absolute atomic E-state index is 0.0487. The highest BCUT2D eigenvalue weighted by atomic mass is 16.5. The summed E-state index contributed by atoms with van der Waals surface area (Å²) in [5, 5.41) is 0. The van der Waals surface area contributed by atoms with Gasteiger partial charge in [0.05, 0.1) is 24.4 Å². The average Bonchev–Trinajstić information content (AvgIpc) is 2.39. The number of pyridine rings is 1. The maximum absolute atomic E-state index is 11.8. The van der Waals surface area contributed by atoms with Crippen molar-refractivity contribution in [3.05, 3.63) is 17.8 Å². The Kier molecular flexibility index (Phi) is 4.24. The van der Waals surface area contributed by atoms with Gasteiger partial charge in [-0.15, -0.1) is 0 Å². The van der Waals surface area contributed by atoms with Crippen molar-refractivity contribution in [2.24, 2.45) is 5.92 Å². The molecule has 1 aromatic rings. The Morgan fingerprint density at radius 2 is 2.42 bits per heavy atom. The van der Waals surface area contributed by atoms with Crippen molar-refractivity contribution in [3.63, 3.8) is 0 Å². The molecular weight excluding hydrogens is 242 g/mol. The number of carbonyl (C=O) groups is 1. The van der Waals surface area contributed by atoms with Crippen LogP contribution in [0.1, 0.15) is 25.3 Å². The summed E-state index contributed by atoms with van der Waals surface area (Å²) in [6.07, 6.45) is 3.54. The van der Waals surface area contributed by atoms with E-state index in [0.717, 1.165) is 30.8 Å². The first-order chi connectivity index (χ1) is 9.11. The zero-order valence-electron chi connectivity index (χ0n) is 11.6. The quantitative estimate of drug-likeness (QED) is 0.841. The van der Waals surface area contributed by atoms with Crippen molar-refractivity contribution >= 4 is 17.5 Å². The monoisotopic (exact) mass is 263 g/mol. The number of rotatable bonds is 3. The van der Waals surface area contributed by atoms with E-state index in [9.17, 15) is 4.79 Å². The van der Waals surface area contributed by atoms with Gasteiger partial charge < -0.3 is 15.4 Å². The van der Waals surface area contributed by atoms with Crippen molar-refractivity contribution in [3.8, 4) is 0 Å². The van der Waals surface area contributed by atoms with Gasteiger partial charge >= 0.3 is 5.97 Å². The summed E-state index contributed by atoms with van der Waals surface area (Å²) in [7, 11) is 0. The van der Waals surface area contributed by atoms with Crippen molar-refractivity contribution in [2.75, 3.05) is 30.3 Å². The Labute approximate surface area is 113 Å². The fourth-order valence-electron chi connectivity index (χ4n) is 2.54. The van der Waals surface area contributed by atoms with Crippen molar-refractivity contribution in [2.45, 2.75) is 26.7 Å². The van der Waals surface area contributed by atoms with Gasteiger partial charge in [0.25, 0.3) is 0 Å². The number of nitrogens with two attached hydrogens (primary N) is 1. The first-order valence-electron chi connectivity index (χ1n) is 6.75. The summed E-state index contributed by atoms with van der Waals surface area (Å²) >= 11 is 0. The highest BCUT2D eigenvalue weighted by Gasteiger charge is 2.28. The smallest absolute Gasteiger partial charge is 0.310 e. The van der Waals surface area contributed by atoms with Crippen LogP contribution in [0.2, 0.25) is 0 Å². The lowest BCUT2D eigenvalue weighted by atomic mass is 9.98. The molecule has 1 saturated heterocycles. The van der Waals surface area contributed by atoms with Crippen LogP contribution in [0.5, 0.6) is 0 Å². The summed E-state index contributed by atoms with van der Waals surface area (Å²) in [5.74, 6) is 0.774. The van der Waals surface area contributed by atoms with E-state index < -0.39 is 0 Å². The Hall–Kier alpha value is -1.78. The maximum Gasteiger partial charge on any atom is 0.310 e. The van der Waals surface area contributed by atoms with Crippen LogP contribution in [0.15, 0.2) is 12.3 Å². The van der Waals surface area contributed by atoms with Crippen LogP contribution in [-0.2, 0) is 9.53 Å². The Balaban J connectivity index is 2.10. The van der Waals surface area contributed by atoms with Crippen molar-refractivity contribution < 1.29 is 9.53 Å². The highest BCUT2D eigenvalue weighted by Crippen LogP contribution is 2.25. The Bertz CT molecular complexity index is 462. The van der Waals surface area contributed by atoms with Crippen LogP contribution < -0.4 is 10.6 Å². The molecule has 0 aromatic carbocycles. The third-order valence-corrected chi connectivity index (χ3v) is 3.41. The van der Waals surface area contributed by atoms with E-state index in [-0.39, 0.29) is 11.9 Å². The lowest BCUT2D eigenvalue weighted by Crippen LogP contribution is -2.40. The van der Waals surface area contributed by atoms with Crippen LogP contribution in [0.4, 0.5) is 11.5 Å². The number of hydrogen-bond acceptors (Lipinski definition) is 5. The number of aryl methyl sites for hydroxylation is 1. The molecule has 2 heterocycles. The predicted molar refractivity (Wildman–Crippen MR) is 75.0 cm³/mol. The molecule has 104 valence electrons. The lowest BCUT2D eigenvalue weighted by Gasteiger charge is -2.33. The second kappa shape index (κ2) is 5.91.